The van der Waals surface area contributed by atoms with Crippen molar-refractivity contribution < 1.29 is 9.90 Å². The number of rotatable bonds is 1. The first kappa shape index (κ1) is 11.4. The number of carbonyl (C=O) groups is 1. The predicted molar refractivity (Wildman–Crippen MR) is 62.7 cm³/mol. The van der Waals surface area contributed by atoms with E-state index in [4.69, 9.17) is 11.6 Å². The maximum absolute atomic E-state index is 12.0. The molecule has 0 bridgehead atoms. The molecule has 0 aliphatic carbocycles. The SMILES string of the molecule is Cc1cc(Cl)cc(C(=O)N2CC(C)(O)C2)c1. The van der Waals surface area contributed by atoms with Gasteiger partial charge in [-0.1, -0.05) is 11.6 Å². The molecule has 1 fully saturated rings. The van der Waals surface area contributed by atoms with Crippen LogP contribution in [-0.2, 0) is 0 Å². The minimum absolute atomic E-state index is 0.0721. The fourth-order valence-electron chi connectivity index (χ4n) is 1.96. The molecule has 1 aliphatic heterocycles. The number of aryl methyl sites for hydroxylation is 1. The minimum atomic E-state index is -0.733. The van der Waals surface area contributed by atoms with Gasteiger partial charge < -0.3 is 10.0 Å². The van der Waals surface area contributed by atoms with E-state index in [0.29, 0.717) is 23.7 Å². The summed E-state index contributed by atoms with van der Waals surface area (Å²) in [5, 5.41) is 10.1. The van der Waals surface area contributed by atoms with Crippen molar-refractivity contribution in [1.29, 1.82) is 0 Å². The van der Waals surface area contributed by atoms with Gasteiger partial charge in [0.2, 0.25) is 0 Å². The Kier molecular flexibility index (Phi) is 2.68. The molecule has 0 saturated carbocycles. The summed E-state index contributed by atoms with van der Waals surface area (Å²) in [4.78, 5) is 13.6. The molecule has 0 radical (unpaired) electrons. The Morgan fingerprint density at radius 2 is 2.06 bits per heavy atom. The van der Waals surface area contributed by atoms with E-state index in [2.05, 4.69) is 0 Å². The third kappa shape index (κ3) is 2.20. The highest BCUT2D eigenvalue weighted by Crippen LogP contribution is 2.23. The normalized spacial score (nSPS) is 18.1. The van der Waals surface area contributed by atoms with Crippen LogP contribution in [-0.4, -0.2) is 34.6 Å². The molecule has 0 atom stereocenters. The summed E-state index contributed by atoms with van der Waals surface area (Å²) < 4.78 is 0. The van der Waals surface area contributed by atoms with E-state index in [9.17, 15) is 9.90 Å². The minimum Gasteiger partial charge on any atom is -0.386 e. The largest absolute Gasteiger partial charge is 0.386 e. The summed E-state index contributed by atoms with van der Waals surface area (Å²) in [6.07, 6.45) is 0. The van der Waals surface area contributed by atoms with Crippen LogP contribution >= 0.6 is 11.6 Å². The molecule has 4 heteroatoms. The number of benzene rings is 1. The van der Waals surface area contributed by atoms with Gasteiger partial charge in [-0.2, -0.15) is 0 Å². The van der Waals surface area contributed by atoms with Gasteiger partial charge in [0.25, 0.3) is 5.91 Å². The van der Waals surface area contributed by atoms with E-state index in [-0.39, 0.29) is 5.91 Å². The van der Waals surface area contributed by atoms with Crippen LogP contribution in [0.4, 0.5) is 0 Å². The Labute approximate surface area is 99.6 Å². The zero-order valence-corrected chi connectivity index (χ0v) is 10.1. The zero-order valence-electron chi connectivity index (χ0n) is 9.33. The number of amides is 1. The lowest BCUT2D eigenvalue weighted by Gasteiger charge is -2.44. The Morgan fingerprint density at radius 3 is 2.56 bits per heavy atom. The second-order valence-electron chi connectivity index (χ2n) is 4.68. The van der Waals surface area contributed by atoms with E-state index >= 15 is 0 Å². The highest BCUT2D eigenvalue weighted by Gasteiger charge is 2.39. The summed E-state index contributed by atoms with van der Waals surface area (Å²) in [6, 6.07) is 5.27. The number of nitrogens with zero attached hydrogens (tertiary/aromatic N) is 1. The first-order chi connectivity index (χ1) is 7.37. The third-order valence-electron chi connectivity index (χ3n) is 2.64. The molecular formula is C12H14ClNO2. The van der Waals surface area contributed by atoms with Crippen LogP contribution in [0.3, 0.4) is 0 Å². The van der Waals surface area contributed by atoms with E-state index in [1.165, 1.54) is 0 Å². The fraction of sp³-hybridized carbons (Fsp3) is 0.417. The smallest absolute Gasteiger partial charge is 0.254 e. The predicted octanol–water partition coefficient (Wildman–Crippen LogP) is 1.86. The van der Waals surface area contributed by atoms with Gasteiger partial charge in [0.15, 0.2) is 0 Å². The molecule has 1 heterocycles. The Morgan fingerprint density at radius 1 is 1.44 bits per heavy atom. The Bertz CT molecular complexity index is 414. The van der Waals surface area contributed by atoms with Gasteiger partial charge in [0.05, 0.1) is 18.7 Å². The van der Waals surface area contributed by atoms with Gasteiger partial charge in [0.1, 0.15) is 0 Å². The zero-order chi connectivity index (χ0) is 11.9. The molecule has 1 aromatic rings. The molecule has 0 aromatic heterocycles. The van der Waals surface area contributed by atoms with Crippen molar-refractivity contribution in [2.24, 2.45) is 0 Å². The topological polar surface area (TPSA) is 40.5 Å². The number of hydrogen-bond donors (Lipinski definition) is 1. The number of likely N-dealkylation sites (tertiary alicyclic amines) is 1. The van der Waals surface area contributed by atoms with Crippen LogP contribution < -0.4 is 0 Å². The average Bonchev–Trinajstić information content (AvgIpc) is 2.11. The van der Waals surface area contributed by atoms with E-state index in [1.54, 1.807) is 24.0 Å². The van der Waals surface area contributed by atoms with Crippen molar-refractivity contribution in [2.45, 2.75) is 19.4 Å². The highest BCUT2D eigenvalue weighted by molar-refractivity contribution is 6.31. The maximum Gasteiger partial charge on any atom is 0.254 e. The summed E-state index contributed by atoms with van der Waals surface area (Å²) in [7, 11) is 0. The van der Waals surface area contributed by atoms with E-state index in [1.807, 2.05) is 13.0 Å². The fourth-order valence-corrected chi connectivity index (χ4v) is 2.25. The quantitative estimate of drug-likeness (QED) is 0.813. The lowest BCUT2D eigenvalue weighted by Crippen LogP contribution is -2.61. The molecule has 3 nitrogen and oxygen atoms in total. The second-order valence-corrected chi connectivity index (χ2v) is 5.11. The van der Waals surface area contributed by atoms with Crippen molar-refractivity contribution in [3.63, 3.8) is 0 Å². The molecule has 2 rings (SSSR count). The third-order valence-corrected chi connectivity index (χ3v) is 2.86. The highest BCUT2D eigenvalue weighted by atomic mass is 35.5. The summed E-state index contributed by atoms with van der Waals surface area (Å²) in [5.41, 5.74) is 0.812. The van der Waals surface area contributed by atoms with Gasteiger partial charge in [-0.25, -0.2) is 0 Å². The molecule has 1 saturated heterocycles. The number of hydrogen-bond acceptors (Lipinski definition) is 2. The van der Waals surface area contributed by atoms with Crippen LogP contribution in [0.1, 0.15) is 22.8 Å². The van der Waals surface area contributed by atoms with Crippen LogP contribution in [0.15, 0.2) is 18.2 Å². The molecule has 86 valence electrons. The molecule has 1 N–H and O–H groups in total. The Balaban J connectivity index is 2.16. The molecule has 0 spiro atoms. The van der Waals surface area contributed by atoms with Crippen LogP contribution in [0.25, 0.3) is 0 Å². The summed E-state index contributed by atoms with van der Waals surface area (Å²) in [5.74, 6) is -0.0721. The lowest BCUT2D eigenvalue weighted by molar-refractivity contribution is -0.0668. The Hall–Kier alpha value is -1.06. The first-order valence-corrected chi connectivity index (χ1v) is 5.54. The number of β-amino-alcohol motifs (C(OH)–C–C–N with tert-alkyl or cyclic N) is 1. The van der Waals surface area contributed by atoms with E-state index < -0.39 is 5.60 Å². The number of halogens is 1. The standard InChI is InChI=1S/C12H14ClNO2/c1-8-3-9(5-10(13)4-8)11(15)14-6-12(2,16)7-14/h3-5,16H,6-7H2,1-2H3. The van der Waals surface area contributed by atoms with Crippen molar-refractivity contribution in [3.8, 4) is 0 Å². The molecule has 16 heavy (non-hydrogen) atoms. The van der Waals surface area contributed by atoms with Crippen LogP contribution in [0.5, 0.6) is 0 Å². The molecule has 1 amide bonds. The number of carbonyl (C=O) groups excluding carboxylic acids is 1. The van der Waals surface area contributed by atoms with E-state index in [0.717, 1.165) is 5.56 Å². The monoisotopic (exact) mass is 239 g/mol. The summed E-state index contributed by atoms with van der Waals surface area (Å²) >= 11 is 5.90. The first-order valence-electron chi connectivity index (χ1n) is 5.16. The van der Waals surface area contributed by atoms with Gasteiger partial charge in [-0.3, -0.25) is 4.79 Å². The molecular weight excluding hydrogens is 226 g/mol. The van der Waals surface area contributed by atoms with Crippen molar-refractivity contribution >= 4 is 17.5 Å². The van der Waals surface area contributed by atoms with Gasteiger partial charge in [0, 0.05) is 10.6 Å². The maximum atomic E-state index is 12.0. The van der Waals surface area contributed by atoms with Gasteiger partial charge in [-0.15, -0.1) is 0 Å². The second kappa shape index (κ2) is 3.75. The van der Waals surface area contributed by atoms with Crippen molar-refractivity contribution in [2.75, 3.05) is 13.1 Å². The average molecular weight is 240 g/mol. The molecule has 1 aliphatic rings. The van der Waals surface area contributed by atoms with Crippen molar-refractivity contribution in [1.82, 2.24) is 4.90 Å². The lowest BCUT2D eigenvalue weighted by atomic mass is 9.95. The van der Waals surface area contributed by atoms with Crippen LogP contribution in [0.2, 0.25) is 5.02 Å². The van der Waals surface area contributed by atoms with Crippen molar-refractivity contribution in [3.05, 3.63) is 34.3 Å². The van der Waals surface area contributed by atoms with Gasteiger partial charge in [-0.05, 0) is 37.6 Å². The van der Waals surface area contributed by atoms with Gasteiger partial charge >= 0.3 is 0 Å². The number of aliphatic hydroxyl groups is 1. The molecule has 0 unspecified atom stereocenters. The molecule has 1 aromatic carbocycles. The summed E-state index contributed by atoms with van der Waals surface area (Å²) in [6.45, 7) is 4.39. The van der Waals surface area contributed by atoms with Crippen LogP contribution in [0, 0.1) is 6.92 Å².